The molecular weight excluding hydrogens is 392 g/mol. The van der Waals surface area contributed by atoms with Crippen LogP contribution in [0.15, 0.2) is 67.0 Å². The van der Waals surface area contributed by atoms with Crippen LogP contribution >= 0.6 is 0 Å². The Morgan fingerprint density at radius 2 is 1.68 bits per heavy atom. The zero-order chi connectivity index (χ0) is 21.6. The maximum Gasteiger partial charge on any atom is 0.407 e. The first-order valence-corrected chi connectivity index (χ1v) is 10.3. The smallest absolute Gasteiger partial charge is 0.407 e. The lowest BCUT2D eigenvalue weighted by molar-refractivity contribution is 0.155. The van der Waals surface area contributed by atoms with E-state index in [1.165, 1.54) is 11.2 Å². The highest BCUT2D eigenvalue weighted by Gasteiger charge is 2.27. The van der Waals surface area contributed by atoms with Crippen molar-refractivity contribution >= 4 is 23.4 Å². The van der Waals surface area contributed by atoms with E-state index in [9.17, 15) is 9.90 Å². The lowest BCUT2D eigenvalue weighted by Crippen LogP contribution is -2.31. The molecule has 1 amide bonds. The number of carboxylic acid groups (broad SMARTS) is 1. The van der Waals surface area contributed by atoms with Crippen LogP contribution in [0.2, 0.25) is 0 Å². The average molecular weight is 419 g/mol. The van der Waals surface area contributed by atoms with Gasteiger partial charge in [0, 0.05) is 32.2 Å². The maximum atomic E-state index is 11.2. The number of likely N-dealkylation sites (tertiary alicyclic amines) is 1. The monoisotopic (exact) mass is 418 g/mol. The van der Waals surface area contributed by atoms with Crippen LogP contribution in [-0.2, 0) is 13.1 Å². The van der Waals surface area contributed by atoms with Crippen LogP contribution in [0.1, 0.15) is 17.5 Å². The second-order valence-corrected chi connectivity index (χ2v) is 7.65. The summed E-state index contributed by atoms with van der Waals surface area (Å²) in [5.41, 5.74) is 9.27. The summed E-state index contributed by atoms with van der Waals surface area (Å²) in [6, 6.07) is 20.3. The SMILES string of the molecule is Nc1c(N[C@@H]2CCN(C(=O)O)C2)ncnc1N(Cc1ccccc1)Cc1ccccc1. The molecule has 8 heteroatoms. The van der Waals surface area contributed by atoms with Crippen molar-refractivity contribution in [3.63, 3.8) is 0 Å². The molecule has 0 aliphatic carbocycles. The van der Waals surface area contributed by atoms with Gasteiger partial charge in [0.1, 0.15) is 12.0 Å². The highest BCUT2D eigenvalue weighted by molar-refractivity contribution is 5.75. The van der Waals surface area contributed by atoms with Gasteiger partial charge in [0.15, 0.2) is 11.6 Å². The van der Waals surface area contributed by atoms with Gasteiger partial charge in [0.05, 0.1) is 0 Å². The Bertz CT molecular complexity index is 974. The van der Waals surface area contributed by atoms with Crippen molar-refractivity contribution in [3.8, 4) is 0 Å². The molecule has 1 fully saturated rings. The number of hydrogen-bond acceptors (Lipinski definition) is 6. The molecule has 3 aromatic rings. The Kier molecular flexibility index (Phi) is 6.16. The van der Waals surface area contributed by atoms with E-state index in [-0.39, 0.29) is 6.04 Å². The predicted molar refractivity (Wildman–Crippen MR) is 121 cm³/mol. The topological polar surface area (TPSA) is 108 Å². The third-order valence-corrected chi connectivity index (χ3v) is 5.39. The van der Waals surface area contributed by atoms with Gasteiger partial charge >= 0.3 is 6.09 Å². The first-order valence-electron chi connectivity index (χ1n) is 10.3. The molecular formula is C23H26N6O2. The van der Waals surface area contributed by atoms with E-state index in [4.69, 9.17) is 5.73 Å². The fourth-order valence-corrected chi connectivity index (χ4v) is 3.81. The minimum atomic E-state index is -0.905. The van der Waals surface area contributed by atoms with Crippen LogP contribution in [0.25, 0.3) is 0 Å². The van der Waals surface area contributed by atoms with E-state index >= 15 is 0 Å². The van der Waals surface area contributed by atoms with E-state index in [0.29, 0.717) is 49.9 Å². The zero-order valence-electron chi connectivity index (χ0n) is 17.2. The Morgan fingerprint density at radius 1 is 1.06 bits per heavy atom. The first-order chi connectivity index (χ1) is 15.1. The Labute approximate surface area is 181 Å². The van der Waals surface area contributed by atoms with Gasteiger partial charge in [-0.25, -0.2) is 14.8 Å². The Morgan fingerprint density at radius 3 is 2.23 bits per heavy atom. The standard InChI is InChI=1S/C23H26N6O2/c24-20-21(27-19-11-12-28(15-19)23(30)31)25-16-26-22(20)29(13-17-7-3-1-4-8-17)14-18-9-5-2-6-10-18/h1-10,16,19H,11-15,24H2,(H,30,31)(H,25,26,27)/t19-/m1/s1. The summed E-state index contributed by atoms with van der Waals surface area (Å²) in [4.78, 5) is 23.5. The van der Waals surface area contributed by atoms with Crippen molar-refractivity contribution < 1.29 is 9.90 Å². The third kappa shape index (κ3) is 5.03. The van der Waals surface area contributed by atoms with Crippen molar-refractivity contribution in [1.29, 1.82) is 0 Å². The van der Waals surface area contributed by atoms with Gasteiger partial charge in [0.2, 0.25) is 0 Å². The summed E-state index contributed by atoms with van der Waals surface area (Å²) in [5, 5.41) is 12.5. The zero-order valence-corrected chi connectivity index (χ0v) is 17.2. The van der Waals surface area contributed by atoms with Gasteiger partial charge in [-0.15, -0.1) is 0 Å². The number of nitrogen functional groups attached to an aromatic ring is 1. The van der Waals surface area contributed by atoms with Crippen molar-refractivity contribution in [1.82, 2.24) is 14.9 Å². The number of anilines is 3. The van der Waals surface area contributed by atoms with Crippen molar-refractivity contribution in [2.45, 2.75) is 25.6 Å². The lowest BCUT2D eigenvalue weighted by Gasteiger charge is -2.26. The maximum absolute atomic E-state index is 11.2. The summed E-state index contributed by atoms with van der Waals surface area (Å²) in [6.07, 6.45) is 1.31. The Balaban J connectivity index is 1.58. The second-order valence-electron chi connectivity index (χ2n) is 7.65. The summed E-state index contributed by atoms with van der Waals surface area (Å²) < 4.78 is 0. The summed E-state index contributed by atoms with van der Waals surface area (Å²) in [7, 11) is 0. The number of hydrogen-bond donors (Lipinski definition) is 3. The van der Waals surface area contributed by atoms with Crippen LogP contribution < -0.4 is 16.0 Å². The number of nitrogens with zero attached hydrogens (tertiary/aromatic N) is 4. The van der Waals surface area contributed by atoms with E-state index in [1.807, 2.05) is 36.4 Å². The van der Waals surface area contributed by atoms with E-state index in [1.54, 1.807) is 0 Å². The molecule has 1 atom stereocenters. The van der Waals surface area contributed by atoms with Gasteiger partial charge in [-0.2, -0.15) is 0 Å². The van der Waals surface area contributed by atoms with Gasteiger partial charge in [-0.3, -0.25) is 0 Å². The summed E-state index contributed by atoms with van der Waals surface area (Å²) in [6.45, 7) is 2.20. The predicted octanol–water partition coefficient (Wildman–Crippen LogP) is 3.43. The van der Waals surface area contributed by atoms with Crippen molar-refractivity contribution in [3.05, 3.63) is 78.1 Å². The molecule has 4 rings (SSSR count). The molecule has 160 valence electrons. The molecule has 31 heavy (non-hydrogen) atoms. The molecule has 1 aromatic heterocycles. The highest BCUT2D eigenvalue weighted by atomic mass is 16.4. The van der Waals surface area contributed by atoms with Crippen LogP contribution in [-0.4, -0.2) is 45.2 Å². The fraction of sp³-hybridized carbons (Fsp3) is 0.261. The van der Waals surface area contributed by atoms with E-state index < -0.39 is 6.09 Å². The largest absolute Gasteiger partial charge is 0.465 e. The van der Waals surface area contributed by atoms with E-state index in [0.717, 1.165) is 11.1 Å². The number of amides is 1. The molecule has 1 aliphatic heterocycles. The van der Waals surface area contributed by atoms with Crippen LogP contribution in [0.5, 0.6) is 0 Å². The van der Waals surface area contributed by atoms with Gasteiger partial charge in [0.25, 0.3) is 0 Å². The molecule has 4 N–H and O–H groups in total. The third-order valence-electron chi connectivity index (χ3n) is 5.39. The molecule has 1 aliphatic rings. The van der Waals surface area contributed by atoms with Gasteiger partial charge in [-0.1, -0.05) is 60.7 Å². The molecule has 2 heterocycles. The van der Waals surface area contributed by atoms with Crippen LogP contribution in [0.4, 0.5) is 22.1 Å². The number of benzene rings is 2. The highest BCUT2D eigenvalue weighted by Crippen LogP contribution is 2.30. The Hall–Kier alpha value is -3.81. The van der Waals surface area contributed by atoms with Crippen molar-refractivity contribution in [2.75, 3.05) is 29.0 Å². The normalized spacial score (nSPS) is 15.6. The minimum absolute atomic E-state index is 0.0298. The first kappa shape index (κ1) is 20.5. The molecule has 1 saturated heterocycles. The number of nitrogens with one attached hydrogen (secondary N) is 1. The summed E-state index contributed by atoms with van der Waals surface area (Å²) in [5.74, 6) is 1.19. The van der Waals surface area contributed by atoms with E-state index in [2.05, 4.69) is 44.5 Å². The number of rotatable bonds is 7. The average Bonchev–Trinajstić information content (AvgIpc) is 3.25. The van der Waals surface area contributed by atoms with Gasteiger partial charge < -0.3 is 26.0 Å². The molecule has 0 bridgehead atoms. The minimum Gasteiger partial charge on any atom is -0.465 e. The second kappa shape index (κ2) is 9.34. The quantitative estimate of drug-likeness (QED) is 0.539. The molecule has 0 radical (unpaired) electrons. The molecule has 8 nitrogen and oxygen atoms in total. The lowest BCUT2D eigenvalue weighted by atomic mass is 10.1. The molecule has 0 saturated carbocycles. The van der Waals surface area contributed by atoms with Gasteiger partial charge in [-0.05, 0) is 17.5 Å². The van der Waals surface area contributed by atoms with Crippen molar-refractivity contribution in [2.24, 2.45) is 0 Å². The molecule has 0 unspecified atom stereocenters. The van der Waals surface area contributed by atoms with Crippen LogP contribution in [0, 0.1) is 0 Å². The fourth-order valence-electron chi connectivity index (χ4n) is 3.81. The van der Waals surface area contributed by atoms with Crippen LogP contribution in [0.3, 0.4) is 0 Å². The molecule has 0 spiro atoms. The summed E-state index contributed by atoms with van der Waals surface area (Å²) >= 11 is 0. The number of nitrogens with two attached hydrogens (primary N) is 1. The molecule has 2 aromatic carbocycles. The number of carbonyl (C=O) groups is 1. The number of aromatic nitrogens is 2.